The van der Waals surface area contributed by atoms with Gasteiger partial charge < -0.3 is 19.9 Å². The summed E-state index contributed by atoms with van der Waals surface area (Å²) in [6.07, 6.45) is 0.658. The molecule has 0 radical (unpaired) electrons. The number of nitrogens with one attached hydrogen (secondary N) is 1. The van der Waals surface area contributed by atoms with E-state index in [4.69, 9.17) is 14.6 Å². The number of carboxylic acids is 1. The Morgan fingerprint density at radius 1 is 0.893 bits per heavy atom. The van der Waals surface area contributed by atoms with Crippen molar-refractivity contribution in [1.82, 2.24) is 5.32 Å². The summed E-state index contributed by atoms with van der Waals surface area (Å²) in [6.45, 7) is 6.53. The van der Waals surface area contributed by atoms with E-state index < -0.39 is 5.97 Å². The summed E-state index contributed by atoms with van der Waals surface area (Å²) >= 11 is 0. The number of hydrogen-bond acceptors (Lipinski definition) is 4. The van der Waals surface area contributed by atoms with Crippen LogP contribution in [0, 0.1) is 0 Å². The molecule has 2 N–H and O–H groups in total. The molecule has 2 aromatic carbocycles. The first-order chi connectivity index (χ1) is 13.2. The number of benzene rings is 2. The number of carboxylic acid groups (broad SMARTS) is 1. The van der Waals surface area contributed by atoms with E-state index in [-0.39, 0.29) is 24.5 Å². The highest BCUT2D eigenvalue weighted by atomic mass is 16.5. The third-order valence-electron chi connectivity index (χ3n) is 4.11. The molecule has 0 fully saturated rings. The minimum atomic E-state index is -1.01. The second-order valence-corrected chi connectivity index (χ2v) is 7.49. The lowest BCUT2D eigenvalue weighted by atomic mass is 9.87. The fourth-order valence-electron chi connectivity index (χ4n) is 2.49. The van der Waals surface area contributed by atoms with E-state index in [2.05, 4.69) is 26.1 Å². The maximum Gasteiger partial charge on any atom is 0.341 e. The summed E-state index contributed by atoms with van der Waals surface area (Å²) in [5.41, 5.74) is 2.31. The third kappa shape index (κ3) is 7.31. The van der Waals surface area contributed by atoms with Gasteiger partial charge in [-0.25, -0.2) is 4.79 Å². The van der Waals surface area contributed by atoms with E-state index in [1.165, 1.54) is 5.56 Å². The van der Waals surface area contributed by atoms with Crippen LogP contribution in [0.5, 0.6) is 11.5 Å². The molecule has 150 valence electrons. The SMILES string of the molecule is CC(C)(C)c1ccc(OCC(=O)NCCc2ccc(OCC(=O)O)cc2)cc1. The highest BCUT2D eigenvalue weighted by Crippen LogP contribution is 2.24. The number of rotatable bonds is 9. The number of aliphatic carboxylic acids is 1. The minimum absolute atomic E-state index is 0.0309. The Morgan fingerprint density at radius 3 is 1.96 bits per heavy atom. The summed E-state index contributed by atoms with van der Waals surface area (Å²) in [7, 11) is 0. The molecule has 6 heteroatoms. The van der Waals surface area contributed by atoms with Crippen LogP contribution in [0.3, 0.4) is 0 Å². The number of ether oxygens (including phenoxy) is 2. The zero-order valence-corrected chi connectivity index (χ0v) is 16.5. The van der Waals surface area contributed by atoms with Gasteiger partial charge in [0.15, 0.2) is 13.2 Å². The van der Waals surface area contributed by atoms with Gasteiger partial charge in [0.05, 0.1) is 0 Å². The van der Waals surface area contributed by atoms with Crippen molar-refractivity contribution in [2.45, 2.75) is 32.6 Å². The van der Waals surface area contributed by atoms with Crippen LogP contribution in [-0.2, 0) is 21.4 Å². The third-order valence-corrected chi connectivity index (χ3v) is 4.11. The molecule has 0 saturated carbocycles. The number of carbonyl (C=O) groups is 2. The monoisotopic (exact) mass is 385 g/mol. The molecule has 28 heavy (non-hydrogen) atoms. The average Bonchev–Trinajstić information content (AvgIpc) is 2.65. The minimum Gasteiger partial charge on any atom is -0.484 e. The first kappa shape index (κ1) is 21.3. The molecule has 1 amide bonds. The largest absolute Gasteiger partial charge is 0.484 e. The molecule has 0 unspecified atom stereocenters. The summed E-state index contributed by atoms with van der Waals surface area (Å²) in [4.78, 5) is 22.4. The molecule has 0 aliphatic heterocycles. The Labute approximate surface area is 165 Å². The predicted molar refractivity (Wildman–Crippen MR) is 107 cm³/mol. The van der Waals surface area contributed by atoms with Gasteiger partial charge in [0, 0.05) is 6.54 Å². The number of amides is 1. The normalized spacial score (nSPS) is 11.0. The van der Waals surface area contributed by atoms with E-state index in [1.807, 2.05) is 36.4 Å². The van der Waals surface area contributed by atoms with Crippen molar-refractivity contribution in [1.29, 1.82) is 0 Å². The second kappa shape index (κ2) is 9.78. The highest BCUT2D eigenvalue weighted by Gasteiger charge is 2.13. The molecule has 2 rings (SSSR count). The quantitative estimate of drug-likeness (QED) is 0.692. The van der Waals surface area contributed by atoms with Gasteiger partial charge in [-0.05, 0) is 47.2 Å². The zero-order chi connectivity index (χ0) is 20.6. The Bertz CT molecular complexity index is 776. The van der Waals surface area contributed by atoms with Crippen LogP contribution in [0.15, 0.2) is 48.5 Å². The van der Waals surface area contributed by atoms with Gasteiger partial charge in [-0.3, -0.25) is 4.79 Å². The Hall–Kier alpha value is -3.02. The molecule has 0 spiro atoms. The van der Waals surface area contributed by atoms with E-state index in [0.29, 0.717) is 24.5 Å². The molecule has 0 aliphatic carbocycles. The van der Waals surface area contributed by atoms with Crippen molar-refractivity contribution in [3.05, 3.63) is 59.7 Å². The molecular formula is C22H27NO5. The van der Waals surface area contributed by atoms with Crippen LogP contribution in [0.4, 0.5) is 0 Å². The molecule has 0 aromatic heterocycles. The summed E-state index contributed by atoms with van der Waals surface area (Å²) < 4.78 is 10.6. The maximum atomic E-state index is 11.9. The molecule has 2 aromatic rings. The molecular weight excluding hydrogens is 358 g/mol. The zero-order valence-electron chi connectivity index (χ0n) is 16.5. The molecule has 0 atom stereocenters. The molecule has 6 nitrogen and oxygen atoms in total. The van der Waals surface area contributed by atoms with E-state index >= 15 is 0 Å². The first-order valence-electron chi connectivity index (χ1n) is 9.17. The van der Waals surface area contributed by atoms with Crippen molar-refractivity contribution in [2.24, 2.45) is 0 Å². The van der Waals surface area contributed by atoms with Gasteiger partial charge in [0.1, 0.15) is 11.5 Å². The smallest absolute Gasteiger partial charge is 0.341 e. The van der Waals surface area contributed by atoms with Crippen LogP contribution in [0.25, 0.3) is 0 Å². The topological polar surface area (TPSA) is 84.9 Å². The number of carbonyl (C=O) groups excluding carboxylic acids is 1. The molecule has 0 bridgehead atoms. The van der Waals surface area contributed by atoms with Crippen molar-refractivity contribution in [3.8, 4) is 11.5 Å². The first-order valence-corrected chi connectivity index (χ1v) is 9.17. The molecule has 0 heterocycles. The van der Waals surface area contributed by atoms with E-state index in [1.54, 1.807) is 12.1 Å². The van der Waals surface area contributed by atoms with Crippen LogP contribution in [0.1, 0.15) is 31.9 Å². The van der Waals surface area contributed by atoms with Crippen LogP contribution < -0.4 is 14.8 Å². The Morgan fingerprint density at radius 2 is 1.43 bits per heavy atom. The van der Waals surface area contributed by atoms with Gasteiger partial charge in [-0.1, -0.05) is 45.0 Å². The van der Waals surface area contributed by atoms with Crippen LogP contribution in [-0.4, -0.2) is 36.7 Å². The fourth-order valence-corrected chi connectivity index (χ4v) is 2.49. The van der Waals surface area contributed by atoms with Crippen molar-refractivity contribution < 1.29 is 24.2 Å². The fraction of sp³-hybridized carbons (Fsp3) is 0.364. The molecule has 0 saturated heterocycles. The second-order valence-electron chi connectivity index (χ2n) is 7.49. The van der Waals surface area contributed by atoms with Gasteiger partial charge in [-0.2, -0.15) is 0 Å². The lowest BCUT2D eigenvalue weighted by molar-refractivity contribution is -0.139. The maximum absolute atomic E-state index is 11.9. The van der Waals surface area contributed by atoms with Gasteiger partial charge in [0.25, 0.3) is 5.91 Å². The van der Waals surface area contributed by atoms with E-state index in [9.17, 15) is 9.59 Å². The van der Waals surface area contributed by atoms with Gasteiger partial charge >= 0.3 is 5.97 Å². The van der Waals surface area contributed by atoms with Crippen molar-refractivity contribution in [3.63, 3.8) is 0 Å². The van der Waals surface area contributed by atoms with Crippen molar-refractivity contribution in [2.75, 3.05) is 19.8 Å². The molecule has 0 aliphatic rings. The van der Waals surface area contributed by atoms with Crippen LogP contribution in [0.2, 0.25) is 0 Å². The summed E-state index contributed by atoms with van der Waals surface area (Å²) in [5, 5.41) is 11.4. The summed E-state index contributed by atoms with van der Waals surface area (Å²) in [5.74, 6) is -0.0263. The van der Waals surface area contributed by atoms with Gasteiger partial charge in [0.2, 0.25) is 0 Å². The summed E-state index contributed by atoms with van der Waals surface area (Å²) in [6, 6.07) is 14.9. The lowest BCUT2D eigenvalue weighted by Crippen LogP contribution is -2.30. The Balaban J connectivity index is 1.69. The average molecular weight is 385 g/mol. The standard InChI is InChI=1S/C22H27NO5/c1-22(2,3)17-6-10-19(11-7-17)27-14-20(24)23-13-12-16-4-8-18(9-5-16)28-15-21(25)26/h4-11H,12-15H2,1-3H3,(H,23,24)(H,25,26). The van der Waals surface area contributed by atoms with Crippen LogP contribution >= 0.6 is 0 Å². The van der Waals surface area contributed by atoms with E-state index in [0.717, 1.165) is 5.56 Å². The Kier molecular flexibility index (Phi) is 7.44. The van der Waals surface area contributed by atoms with Crippen molar-refractivity contribution >= 4 is 11.9 Å². The highest BCUT2D eigenvalue weighted by molar-refractivity contribution is 5.77. The predicted octanol–water partition coefficient (Wildman–Crippen LogP) is 3.19. The number of hydrogen-bond donors (Lipinski definition) is 2. The lowest BCUT2D eigenvalue weighted by Gasteiger charge is -2.19. The van der Waals surface area contributed by atoms with Gasteiger partial charge in [-0.15, -0.1) is 0 Å².